The Bertz CT molecular complexity index is 348. The molecule has 0 aromatic rings. The van der Waals surface area contributed by atoms with Crippen LogP contribution < -0.4 is 5.32 Å². The summed E-state index contributed by atoms with van der Waals surface area (Å²) in [5.74, 6) is 1.65. The third-order valence-electron chi connectivity index (χ3n) is 3.05. The van der Waals surface area contributed by atoms with Crippen LogP contribution in [0.15, 0.2) is 0 Å². The van der Waals surface area contributed by atoms with Crippen molar-refractivity contribution in [2.45, 2.75) is 26.2 Å². The van der Waals surface area contributed by atoms with Crippen molar-refractivity contribution >= 4 is 12.0 Å². The lowest BCUT2D eigenvalue weighted by Gasteiger charge is -2.20. The number of carbonyl (C=O) groups excluding carboxylic acids is 1. The third kappa shape index (κ3) is 3.38. The summed E-state index contributed by atoms with van der Waals surface area (Å²) in [6, 6.07) is -0.202. The van der Waals surface area contributed by atoms with Gasteiger partial charge < -0.3 is 15.3 Å². The topological polar surface area (TPSA) is 69.6 Å². The molecule has 1 rings (SSSR count). The van der Waals surface area contributed by atoms with Crippen molar-refractivity contribution in [1.29, 1.82) is 0 Å². The van der Waals surface area contributed by atoms with Gasteiger partial charge in [0.05, 0.1) is 5.41 Å². The van der Waals surface area contributed by atoms with Crippen LogP contribution in [-0.2, 0) is 4.79 Å². The molecule has 1 aliphatic rings. The van der Waals surface area contributed by atoms with Gasteiger partial charge in [-0.1, -0.05) is 0 Å². The van der Waals surface area contributed by atoms with Crippen molar-refractivity contribution in [2.75, 3.05) is 19.6 Å². The summed E-state index contributed by atoms with van der Waals surface area (Å²) in [4.78, 5) is 24.2. The highest BCUT2D eigenvalue weighted by molar-refractivity contribution is 5.79. The van der Waals surface area contributed by atoms with Gasteiger partial charge in [0.15, 0.2) is 0 Å². The molecule has 0 radical (unpaired) electrons. The molecule has 0 spiro atoms. The number of terminal acetylenes is 1. The Hall–Kier alpha value is -1.70. The predicted octanol–water partition coefficient (Wildman–Crippen LogP) is 0.906. The summed E-state index contributed by atoms with van der Waals surface area (Å²) in [6.45, 7) is 2.96. The first-order chi connectivity index (χ1) is 7.99. The van der Waals surface area contributed by atoms with Crippen molar-refractivity contribution in [1.82, 2.24) is 10.2 Å². The highest BCUT2D eigenvalue weighted by Gasteiger charge is 2.41. The number of rotatable bonds is 4. The maximum atomic E-state index is 11.7. The molecule has 2 amide bonds. The number of nitrogens with zero attached hydrogens (tertiary/aromatic N) is 1. The van der Waals surface area contributed by atoms with Crippen LogP contribution >= 0.6 is 0 Å². The highest BCUT2D eigenvalue weighted by Crippen LogP contribution is 2.29. The van der Waals surface area contributed by atoms with E-state index in [1.54, 1.807) is 11.8 Å². The summed E-state index contributed by atoms with van der Waals surface area (Å²) >= 11 is 0. The third-order valence-corrected chi connectivity index (χ3v) is 3.05. The van der Waals surface area contributed by atoms with Gasteiger partial charge in [-0.2, -0.15) is 0 Å². The Balaban J connectivity index is 2.36. The fourth-order valence-electron chi connectivity index (χ4n) is 1.81. The molecule has 1 unspecified atom stereocenters. The summed E-state index contributed by atoms with van der Waals surface area (Å²) in [5.41, 5.74) is -0.809. The van der Waals surface area contributed by atoms with Gasteiger partial charge in [0.2, 0.25) is 0 Å². The number of carboxylic acid groups (broad SMARTS) is 1. The van der Waals surface area contributed by atoms with Gasteiger partial charge in [0, 0.05) is 26.1 Å². The lowest BCUT2D eigenvalue weighted by Crippen LogP contribution is -2.41. The quantitative estimate of drug-likeness (QED) is 0.565. The van der Waals surface area contributed by atoms with Gasteiger partial charge in [-0.25, -0.2) is 4.79 Å². The van der Waals surface area contributed by atoms with Gasteiger partial charge in [-0.05, 0) is 19.8 Å². The lowest BCUT2D eigenvalue weighted by atomic mass is 9.90. The standard InChI is InChI=1S/C12H18N2O3/c1-3-4-5-7-13-11(17)14-8-6-12(2,9-14)10(15)16/h1H,4-9H2,2H3,(H,13,17)(H,15,16). The van der Waals surface area contributed by atoms with Crippen molar-refractivity contribution in [3.63, 3.8) is 0 Å². The van der Waals surface area contributed by atoms with Crippen molar-refractivity contribution in [2.24, 2.45) is 5.41 Å². The van der Waals surface area contributed by atoms with E-state index in [9.17, 15) is 9.59 Å². The molecular weight excluding hydrogens is 220 g/mol. The van der Waals surface area contributed by atoms with E-state index in [0.717, 1.165) is 6.42 Å². The Morgan fingerprint density at radius 2 is 2.29 bits per heavy atom. The number of hydrogen-bond acceptors (Lipinski definition) is 2. The average molecular weight is 238 g/mol. The summed E-state index contributed by atoms with van der Waals surface area (Å²) in [6.07, 6.45) is 6.97. The second-order valence-electron chi connectivity index (χ2n) is 4.58. The first-order valence-corrected chi connectivity index (χ1v) is 5.69. The molecule has 17 heavy (non-hydrogen) atoms. The zero-order valence-corrected chi connectivity index (χ0v) is 10.0. The molecule has 0 aromatic heterocycles. The minimum Gasteiger partial charge on any atom is -0.481 e. The molecule has 0 aromatic carbocycles. The van der Waals surface area contributed by atoms with Crippen LogP contribution in [0.4, 0.5) is 4.79 Å². The van der Waals surface area contributed by atoms with Crippen LogP contribution in [0.1, 0.15) is 26.2 Å². The minimum atomic E-state index is -0.847. The number of carbonyl (C=O) groups is 2. The van der Waals surface area contributed by atoms with Crippen molar-refractivity contribution in [3.05, 3.63) is 0 Å². The first kappa shape index (κ1) is 13.4. The molecule has 0 bridgehead atoms. The fourth-order valence-corrected chi connectivity index (χ4v) is 1.81. The SMILES string of the molecule is C#CCCCNC(=O)N1CCC(C)(C(=O)O)C1. The fraction of sp³-hybridized carbons (Fsp3) is 0.667. The largest absolute Gasteiger partial charge is 0.481 e. The lowest BCUT2D eigenvalue weighted by molar-refractivity contribution is -0.146. The summed E-state index contributed by atoms with van der Waals surface area (Å²) < 4.78 is 0. The highest BCUT2D eigenvalue weighted by atomic mass is 16.4. The Kier molecular flexibility index (Phi) is 4.38. The molecule has 1 aliphatic heterocycles. The molecule has 1 fully saturated rings. The van der Waals surface area contributed by atoms with Crippen LogP contribution in [0.25, 0.3) is 0 Å². The summed E-state index contributed by atoms with van der Waals surface area (Å²) in [5, 5.41) is 11.8. The van der Waals surface area contributed by atoms with E-state index >= 15 is 0 Å². The predicted molar refractivity (Wildman–Crippen MR) is 63.4 cm³/mol. The maximum Gasteiger partial charge on any atom is 0.317 e. The molecule has 2 N–H and O–H groups in total. The second kappa shape index (κ2) is 5.58. The van der Waals surface area contributed by atoms with E-state index in [1.807, 2.05) is 0 Å². The van der Waals surface area contributed by atoms with E-state index in [-0.39, 0.29) is 12.6 Å². The molecule has 0 saturated carbocycles. The van der Waals surface area contributed by atoms with Crippen LogP contribution in [0.2, 0.25) is 0 Å². The Morgan fingerprint density at radius 1 is 1.59 bits per heavy atom. The number of nitrogens with one attached hydrogen (secondary N) is 1. The monoisotopic (exact) mass is 238 g/mol. The van der Waals surface area contributed by atoms with Crippen molar-refractivity contribution in [3.8, 4) is 12.3 Å². The van der Waals surface area contributed by atoms with Gasteiger partial charge in [0.1, 0.15) is 0 Å². The number of unbranched alkanes of at least 4 members (excludes halogenated alkanes) is 1. The summed E-state index contributed by atoms with van der Waals surface area (Å²) in [7, 11) is 0. The normalized spacial score (nSPS) is 23.2. The number of likely N-dealkylation sites (tertiary alicyclic amines) is 1. The van der Waals surface area contributed by atoms with Crippen LogP contribution in [-0.4, -0.2) is 41.6 Å². The molecule has 1 atom stereocenters. The number of hydrogen-bond donors (Lipinski definition) is 2. The van der Waals surface area contributed by atoms with Crippen LogP contribution in [0.5, 0.6) is 0 Å². The van der Waals surface area contributed by atoms with Crippen LogP contribution in [0.3, 0.4) is 0 Å². The zero-order valence-electron chi connectivity index (χ0n) is 10.0. The number of carboxylic acids is 1. The van der Waals surface area contributed by atoms with E-state index in [0.29, 0.717) is 25.9 Å². The van der Waals surface area contributed by atoms with Gasteiger partial charge in [-0.3, -0.25) is 4.79 Å². The van der Waals surface area contributed by atoms with E-state index < -0.39 is 11.4 Å². The van der Waals surface area contributed by atoms with Crippen molar-refractivity contribution < 1.29 is 14.7 Å². The van der Waals surface area contributed by atoms with Crippen LogP contribution in [0, 0.1) is 17.8 Å². The number of aliphatic carboxylic acids is 1. The first-order valence-electron chi connectivity index (χ1n) is 5.69. The Labute approximate surface area is 101 Å². The number of urea groups is 1. The Morgan fingerprint density at radius 3 is 2.82 bits per heavy atom. The smallest absolute Gasteiger partial charge is 0.317 e. The van der Waals surface area contributed by atoms with E-state index in [2.05, 4.69) is 11.2 Å². The van der Waals surface area contributed by atoms with Gasteiger partial charge in [0.25, 0.3) is 0 Å². The maximum absolute atomic E-state index is 11.7. The van der Waals surface area contributed by atoms with Gasteiger partial charge in [-0.15, -0.1) is 12.3 Å². The molecule has 1 saturated heterocycles. The number of amides is 2. The second-order valence-corrected chi connectivity index (χ2v) is 4.58. The molecule has 5 nitrogen and oxygen atoms in total. The van der Waals surface area contributed by atoms with E-state index in [1.165, 1.54) is 0 Å². The molecule has 94 valence electrons. The van der Waals surface area contributed by atoms with Gasteiger partial charge >= 0.3 is 12.0 Å². The molecule has 0 aliphatic carbocycles. The molecular formula is C12H18N2O3. The minimum absolute atomic E-state index is 0.202. The molecule has 5 heteroatoms. The van der Waals surface area contributed by atoms with E-state index in [4.69, 9.17) is 11.5 Å². The molecule has 1 heterocycles. The zero-order chi connectivity index (χ0) is 12.9. The average Bonchev–Trinajstić information content (AvgIpc) is 2.69.